The number of carbonyl (C=O) groups excluding carboxylic acids is 5. The molecule has 83 heavy (non-hydrogen) atoms. The zero-order chi connectivity index (χ0) is 58.1. The quantitative estimate of drug-likeness (QED) is 0.0662. The molecule has 5 aliphatic rings. The van der Waals surface area contributed by atoms with Crippen LogP contribution in [0.15, 0.2) is 72.4 Å². The SMILES string of the molecule is Cc1ncsc1-c1ccc(CNC(=O)[C@@H]2C[C@@H](OC=O)CN2C(=O)[C@@H](NC(=O)CCNC(=O)C2CCN([C@H]3C[C@@H](COc4nc(N5CC6CCC(C5)N6)c5cnc(-c6cccc7cccc(Cl)c67)c(F)c5n4)N(C)C3)CC2)C(C)(C)C)cc1. The zero-order valence-corrected chi connectivity index (χ0v) is 49.1. The molecule has 11 rings (SSSR count). The Kier molecular flexibility index (Phi) is 17.3. The highest BCUT2D eigenvalue weighted by molar-refractivity contribution is 7.13. The highest BCUT2D eigenvalue weighted by atomic mass is 35.5. The largest absolute Gasteiger partial charge is 0.463 e. The Morgan fingerprint density at radius 2 is 1.66 bits per heavy atom. The van der Waals surface area contributed by atoms with Gasteiger partial charge in [0.25, 0.3) is 6.47 Å². The van der Waals surface area contributed by atoms with Crippen LogP contribution in [0.4, 0.5) is 10.2 Å². The fraction of sp³-hybridized carbons (Fsp3) is 0.492. The minimum Gasteiger partial charge on any atom is -0.463 e. The van der Waals surface area contributed by atoms with Crippen LogP contribution < -0.4 is 30.9 Å². The van der Waals surface area contributed by atoms with Crippen molar-refractivity contribution in [1.29, 1.82) is 0 Å². The number of benzene rings is 3. The number of thiazole rings is 1. The number of fused-ring (bicyclic) bond motifs is 4. The van der Waals surface area contributed by atoms with Crippen LogP contribution in [0.1, 0.15) is 77.0 Å². The molecule has 5 saturated heterocycles. The fourth-order valence-corrected chi connectivity index (χ4v) is 13.9. The molecule has 6 aromatic rings. The fourth-order valence-electron chi connectivity index (χ4n) is 12.8. The maximum Gasteiger partial charge on any atom is 0.319 e. The molecule has 8 heterocycles. The first-order chi connectivity index (χ1) is 40.0. The molecule has 4 amide bonds. The number of anilines is 1. The van der Waals surface area contributed by atoms with E-state index in [0.29, 0.717) is 59.8 Å². The standard InChI is InChI=1S/C61H72ClFN12O7S/c1-35-54(83-33-67-35)38-14-12-36(13-15-38)26-66-58(79)48-25-44(82-34-76)31-75(48)59(80)55(61(2,3)4)69-49(77)18-21-64-57(78)39-19-22-73(23-20-39)42-24-43(72(5)30-42)32-81-60-70-53-46(56(71-60)74-28-40-16-17-41(29-74)68-40)27-65-52(51(53)63)45-10-6-8-37-9-7-11-47(62)50(37)45/h6-15,27,33-34,39-44,48,55,68H,16-26,28-32H2,1-5H3,(H,64,78)(H,66,79)(H,69,77)/t40?,41?,42-,43-,44+,48-,55+/m0/s1. The number of aryl methyl sites for hydroxylation is 1. The van der Waals surface area contributed by atoms with Crippen molar-refractivity contribution in [3.05, 3.63) is 94.5 Å². The smallest absolute Gasteiger partial charge is 0.319 e. The molecule has 7 atom stereocenters. The summed E-state index contributed by atoms with van der Waals surface area (Å²) >= 11 is 8.26. The highest BCUT2D eigenvalue weighted by Crippen LogP contribution is 2.39. The molecule has 0 aliphatic carbocycles. The van der Waals surface area contributed by atoms with Crippen LogP contribution in [0.2, 0.25) is 5.02 Å². The monoisotopic (exact) mass is 1170 g/mol. The van der Waals surface area contributed by atoms with E-state index in [1.54, 1.807) is 29.1 Å². The summed E-state index contributed by atoms with van der Waals surface area (Å²) in [5.74, 6) is -1.56. The first kappa shape index (κ1) is 57.9. The van der Waals surface area contributed by atoms with Crippen LogP contribution >= 0.6 is 22.9 Å². The second-order valence-electron chi connectivity index (χ2n) is 24.0. The number of carbonyl (C=O) groups is 5. The topological polar surface area (TPSA) is 216 Å². The van der Waals surface area contributed by atoms with Crippen molar-refractivity contribution in [2.24, 2.45) is 11.3 Å². The Morgan fingerprint density at radius 3 is 2.37 bits per heavy atom. The van der Waals surface area contributed by atoms with Gasteiger partial charge in [0.15, 0.2) is 5.82 Å². The van der Waals surface area contributed by atoms with E-state index >= 15 is 4.39 Å². The van der Waals surface area contributed by atoms with Crippen LogP contribution in [0.3, 0.4) is 0 Å². The van der Waals surface area contributed by atoms with Gasteiger partial charge in [0, 0.05) is 97.8 Å². The molecule has 438 valence electrons. The average molecular weight is 1170 g/mol. The van der Waals surface area contributed by atoms with Crippen molar-refractivity contribution in [3.8, 4) is 27.7 Å². The van der Waals surface area contributed by atoms with Gasteiger partial charge in [-0.3, -0.25) is 38.8 Å². The van der Waals surface area contributed by atoms with Gasteiger partial charge < -0.3 is 40.5 Å². The van der Waals surface area contributed by atoms with Crippen molar-refractivity contribution >= 4 is 80.5 Å². The molecule has 0 radical (unpaired) electrons. The second-order valence-corrected chi connectivity index (χ2v) is 25.3. The first-order valence-corrected chi connectivity index (χ1v) is 30.1. The Labute approximate surface area is 491 Å². The van der Waals surface area contributed by atoms with Gasteiger partial charge in [-0.05, 0) is 87.2 Å². The normalized spacial score (nSPS) is 22.7. The molecular weight excluding hydrogens is 1100 g/mol. The molecule has 22 heteroatoms. The van der Waals surface area contributed by atoms with Gasteiger partial charge in [-0.15, -0.1) is 11.3 Å². The number of nitrogens with zero attached hydrogens (tertiary/aromatic N) is 8. The number of piperidine rings is 1. The van der Waals surface area contributed by atoms with E-state index in [1.807, 2.05) is 82.3 Å². The summed E-state index contributed by atoms with van der Waals surface area (Å²) in [5.41, 5.74) is 4.79. The lowest BCUT2D eigenvalue weighted by Gasteiger charge is -2.35. The summed E-state index contributed by atoms with van der Waals surface area (Å²) in [6.45, 7) is 12.1. The number of amides is 4. The number of nitrogens with one attached hydrogen (secondary N) is 4. The molecular formula is C61H72ClFN12O7S. The lowest BCUT2D eigenvalue weighted by molar-refractivity contribution is -0.144. The van der Waals surface area contributed by atoms with E-state index < -0.39 is 47.1 Å². The van der Waals surface area contributed by atoms with Crippen molar-refractivity contribution < 1.29 is 37.8 Å². The predicted octanol–water partition coefficient (Wildman–Crippen LogP) is 6.67. The summed E-state index contributed by atoms with van der Waals surface area (Å²) < 4.78 is 28.8. The summed E-state index contributed by atoms with van der Waals surface area (Å²) in [5, 5.41) is 15.1. The number of hydrogen-bond acceptors (Lipinski definition) is 16. The third kappa shape index (κ3) is 12.6. The number of piperazine rings is 1. The number of likely N-dealkylation sites (N-methyl/N-ethyl adjacent to an activating group) is 1. The molecule has 4 N–H and O–H groups in total. The minimum absolute atomic E-state index is 0.00342. The molecule has 5 fully saturated rings. The van der Waals surface area contributed by atoms with E-state index in [9.17, 15) is 24.0 Å². The van der Waals surface area contributed by atoms with Crippen LogP contribution in [0.25, 0.3) is 43.4 Å². The molecule has 0 spiro atoms. The van der Waals surface area contributed by atoms with Crippen LogP contribution in [0.5, 0.6) is 6.01 Å². The van der Waals surface area contributed by atoms with Gasteiger partial charge in [-0.25, -0.2) is 9.37 Å². The van der Waals surface area contributed by atoms with E-state index in [2.05, 4.69) is 48.0 Å². The molecule has 2 unspecified atom stereocenters. The summed E-state index contributed by atoms with van der Waals surface area (Å²) in [7, 11) is 2.08. The molecule has 5 aliphatic heterocycles. The maximum atomic E-state index is 17.1. The predicted molar refractivity (Wildman–Crippen MR) is 316 cm³/mol. The van der Waals surface area contributed by atoms with Gasteiger partial charge >= 0.3 is 6.01 Å². The van der Waals surface area contributed by atoms with Crippen LogP contribution in [-0.2, 0) is 35.3 Å². The van der Waals surface area contributed by atoms with Crippen LogP contribution in [-0.4, -0.2) is 167 Å². The summed E-state index contributed by atoms with van der Waals surface area (Å²) in [6.07, 6.45) is 5.33. The molecule has 3 aromatic carbocycles. The third-order valence-corrected chi connectivity index (χ3v) is 18.6. The number of halogens is 2. The van der Waals surface area contributed by atoms with Crippen molar-refractivity contribution in [3.63, 3.8) is 0 Å². The zero-order valence-electron chi connectivity index (χ0n) is 47.5. The van der Waals surface area contributed by atoms with Gasteiger partial charge in [0.05, 0.1) is 28.0 Å². The second kappa shape index (κ2) is 24.7. The number of pyridine rings is 1. The van der Waals surface area contributed by atoms with E-state index in [4.69, 9.17) is 36.0 Å². The Morgan fingerprint density at radius 1 is 0.916 bits per heavy atom. The lowest BCUT2D eigenvalue weighted by atomic mass is 9.85. The van der Waals surface area contributed by atoms with Crippen LogP contribution in [0, 0.1) is 24.1 Å². The number of hydrogen-bond donors (Lipinski definition) is 4. The molecule has 0 saturated carbocycles. The Balaban J connectivity index is 0.665. The maximum absolute atomic E-state index is 17.1. The van der Waals surface area contributed by atoms with E-state index in [0.717, 1.165) is 84.5 Å². The van der Waals surface area contributed by atoms with Gasteiger partial charge in [-0.1, -0.05) is 87.0 Å². The first-order valence-electron chi connectivity index (χ1n) is 28.8. The highest BCUT2D eigenvalue weighted by Gasteiger charge is 2.46. The van der Waals surface area contributed by atoms with Crippen molar-refractivity contribution in [2.75, 3.05) is 64.4 Å². The number of likely N-dealkylation sites (tertiary alicyclic amines) is 3. The Hall–Kier alpha value is -6.91. The number of aromatic nitrogens is 4. The van der Waals surface area contributed by atoms with Gasteiger partial charge in [0.2, 0.25) is 23.6 Å². The van der Waals surface area contributed by atoms with Gasteiger partial charge in [-0.2, -0.15) is 9.97 Å². The van der Waals surface area contributed by atoms with Crippen molar-refractivity contribution in [2.45, 2.75) is 122 Å². The number of ether oxygens (including phenoxy) is 2. The molecule has 2 bridgehead atoms. The molecule has 3 aromatic heterocycles. The van der Waals surface area contributed by atoms with E-state index in [1.165, 1.54) is 4.90 Å². The molecule has 19 nitrogen and oxygen atoms in total. The third-order valence-electron chi connectivity index (χ3n) is 17.4. The summed E-state index contributed by atoms with van der Waals surface area (Å²) in [4.78, 5) is 94.8. The lowest BCUT2D eigenvalue weighted by Crippen LogP contribution is -2.58. The van der Waals surface area contributed by atoms with E-state index in [-0.39, 0.29) is 73.6 Å². The number of rotatable bonds is 18. The minimum atomic E-state index is -1.01. The average Bonchev–Trinajstić information content (AvgIpc) is 2.93. The van der Waals surface area contributed by atoms with Crippen molar-refractivity contribution in [1.82, 2.24) is 55.9 Å². The Bertz CT molecular complexity index is 3380. The van der Waals surface area contributed by atoms with Gasteiger partial charge in [0.1, 0.15) is 41.8 Å². The summed E-state index contributed by atoms with van der Waals surface area (Å²) in [6, 6.07) is 18.2.